The molecule has 5 nitrogen and oxygen atoms in total. The van der Waals surface area contributed by atoms with Gasteiger partial charge in [-0.1, -0.05) is 6.07 Å². The smallest absolute Gasteiger partial charge is 0.410 e. The van der Waals surface area contributed by atoms with Gasteiger partial charge in [0.05, 0.1) is 0 Å². The number of nitrogens with zero attached hydrogens (tertiary/aromatic N) is 2. The Bertz CT molecular complexity index is 627. The molecular weight excluding hydrogens is 323 g/mol. The van der Waals surface area contributed by atoms with E-state index < -0.39 is 11.4 Å². The summed E-state index contributed by atoms with van der Waals surface area (Å²) in [5.41, 5.74) is -0.168. The van der Waals surface area contributed by atoms with Crippen molar-refractivity contribution in [2.45, 2.75) is 39.2 Å². The fourth-order valence-electron chi connectivity index (χ4n) is 3.00. The Balaban J connectivity index is 1.94. The van der Waals surface area contributed by atoms with E-state index in [9.17, 15) is 14.0 Å². The number of hydrogen-bond donors (Lipinski definition) is 0. The summed E-state index contributed by atoms with van der Waals surface area (Å²) in [4.78, 5) is 28.0. The number of ether oxygens (including phenoxy) is 1. The summed E-state index contributed by atoms with van der Waals surface area (Å²) in [5, 5.41) is 0. The van der Waals surface area contributed by atoms with Crippen molar-refractivity contribution < 1.29 is 18.7 Å². The first-order valence-corrected chi connectivity index (χ1v) is 8.64. The summed E-state index contributed by atoms with van der Waals surface area (Å²) in [7, 11) is 1.71. The third kappa shape index (κ3) is 5.73. The van der Waals surface area contributed by atoms with Gasteiger partial charge in [-0.25, -0.2) is 9.18 Å². The van der Waals surface area contributed by atoms with Crippen LogP contribution in [0.3, 0.4) is 0 Å². The molecule has 138 valence electrons. The molecule has 0 N–H and O–H groups in total. The minimum Gasteiger partial charge on any atom is -0.444 e. The minimum atomic E-state index is -0.530. The van der Waals surface area contributed by atoms with Crippen LogP contribution in [0.2, 0.25) is 0 Å². The molecule has 1 aliphatic rings. The molecule has 1 aromatic carbocycles. The van der Waals surface area contributed by atoms with Crippen molar-refractivity contribution >= 4 is 12.0 Å². The molecule has 1 saturated heterocycles. The number of piperidine rings is 1. The highest BCUT2D eigenvalue weighted by Crippen LogP contribution is 2.20. The maximum absolute atomic E-state index is 13.3. The van der Waals surface area contributed by atoms with Crippen molar-refractivity contribution in [3.05, 3.63) is 35.6 Å². The molecule has 6 heteroatoms. The zero-order valence-electron chi connectivity index (χ0n) is 15.4. The molecule has 0 aromatic heterocycles. The summed E-state index contributed by atoms with van der Waals surface area (Å²) in [6, 6.07) is 5.76. The van der Waals surface area contributed by atoms with Gasteiger partial charge in [0.1, 0.15) is 11.4 Å². The molecule has 25 heavy (non-hydrogen) atoms. The summed E-state index contributed by atoms with van der Waals surface area (Å²) in [6.07, 6.45) is 1.45. The number of benzene rings is 1. The Labute approximate surface area is 148 Å². The van der Waals surface area contributed by atoms with Crippen molar-refractivity contribution in [1.82, 2.24) is 9.80 Å². The van der Waals surface area contributed by atoms with Gasteiger partial charge in [0.15, 0.2) is 0 Å². The average Bonchev–Trinajstić information content (AvgIpc) is 2.52. The molecule has 1 atom stereocenters. The molecular formula is C19H27FN2O3. The van der Waals surface area contributed by atoms with Crippen molar-refractivity contribution in [3.8, 4) is 0 Å². The van der Waals surface area contributed by atoms with E-state index in [1.165, 1.54) is 12.1 Å². The second-order valence-electron chi connectivity index (χ2n) is 7.63. The lowest BCUT2D eigenvalue weighted by Gasteiger charge is -2.35. The molecule has 0 radical (unpaired) electrons. The van der Waals surface area contributed by atoms with Gasteiger partial charge in [-0.3, -0.25) is 4.79 Å². The number of halogens is 1. The standard InChI is InChI=1S/C19H27FN2O3/c1-19(2,3)25-18(24)21(4)12-14-7-6-10-22(13-14)17(23)15-8-5-9-16(20)11-15/h5,8-9,11,14H,6-7,10,12-13H2,1-4H3. The Kier molecular flexibility index (Phi) is 6.03. The van der Waals surface area contributed by atoms with Crippen molar-refractivity contribution in [2.75, 3.05) is 26.7 Å². The van der Waals surface area contributed by atoms with Gasteiger partial charge in [-0.15, -0.1) is 0 Å². The largest absolute Gasteiger partial charge is 0.444 e. The van der Waals surface area contributed by atoms with Crippen LogP contribution in [0.5, 0.6) is 0 Å². The first-order chi connectivity index (χ1) is 11.7. The molecule has 1 heterocycles. The molecule has 1 aromatic rings. The second-order valence-corrected chi connectivity index (χ2v) is 7.63. The zero-order valence-corrected chi connectivity index (χ0v) is 15.4. The van der Waals surface area contributed by atoms with Crippen molar-refractivity contribution in [1.29, 1.82) is 0 Å². The molecule has 2 amide bonds. The van der Waals surface area contributed by atoms with E-state index in [0.717, 1.165) is 12.8 Å². The molecule has 1 unspecified atom stereocenters. The lowest BCUT2D eigenvalue weighted by Crippen LogP contribution is -2.45. The minimum absolute atomic E-state index is 0.163. The molecule has 1 aliphatic heterocycles. The van der Waals surface area contributed by atoms with Gasteiger partial charge in [0.2, 0.25) is 0 Å². The van der Waals surface area contributed by atoms with Gasteiger partial charge in [0, 0.05) is 32.2 Å². The maximum Gasteiger partial charge on any atom is 0.410 e. The van der Waals surface area contributed by atoms with E-state index in [1.807, 2.05) is 20.8 Å². The van der Waals surface area contributed by atoms with Crippen molar-refractivity contribution in [2.24, 2.45) is 5.92 Å². The van der Waals surface area contributed by atoms with Crippen LogP contribution in [0.15, 0.2) is 24.3 Å². The van der Waals surface area contributed by atoms with Gasteiger partial charge in [-0.2, -0.15) is 0 Å². The molecule has 0 spiro atoms. The van der Waals surface area contributed by atoms with Gasteiger partial charge in [0.25, 0.3) is 5.91 Å². The number of carbonyl (C=O) groups is 2. The van der Waals surface area contributed by atoms with E-state index in [-0.39, 0.29) is 17.9 Å². The van der Waals surface area contributed by atoms with Gasteiger partial charge >= 0.3 is 6.09 Å². The summed E-state index contributed by atoms with van der Waals surface area (Å²) < 4.78 is 18.7. The van der Waals surface area contributed by atoms with Crippen LogP contribution < -0.4 is 0 Å². The van der Waals surface area contributed by atoms with Crippen LogP contribution >= 0.6 is 0 Å². The Hall–Kier alpha value is -2.11. The van der Waals surface area contributed by atoms with Crippen LogP contribution in [0.1, 0.15) is 44.0 Å². The number of likely N-dealkylation sites (tertiary alicyclic amines) is 1. The number of hydrogen-bond acceptors (Lipinski definition) is 3. The van der Waals surface area contributed by atoms with Gasteiger partial charge in [-0.05, 0) is 57.7 Å². The van der Waals surface area contributed by atoms with E-state index in [1.54, 1.807) is 29.0 Å². The van der Waals surface area contributed by atoms with Crippen molar-refractivity contribution in [3.63, 3.8) is 0 Å². The van der Waals surface area contributed by atoms with Crippen LogP contribution in [0.25, 0.3) is 0 Å². The third-order valence-electron chi connectivity index (χ3n) is 4.12. The summed E-state index contributed by atoms with van der Waals surface area (Å²) in [6.45, 7) is 7.24. The van der Waals surface area contributed by atoms with Crippen LogP contribution in [-0.2, 0) is 4.74 Å². The quantitative estimate of drug-likeness (QED) is 0.838. The highest BCUT2D eigenvalue weighted by molar-refractivity contribution is 5.94. The molecule has 0 aliphatic carbocycles. The van der Waals surface area contributed by atoms with Crippen LogP contribution in [0, 0.1) is 11.7 Å². The highest BCUT2D eigenvalue weighted by Gasteiger charge is 2.27. The van der Waals surface area contributed by atoms with E-state index in [0.29, 0.717) is 25.2 Å². The third-order valence-corrected chi connectivity index (χ3v) is 4.12. The molecule has 2 rings (SSSR count). The number of carbonyl (C=O) groups excluding carboxylic acids is 2. The number of amides is 2. The van der Waals surface area contributed by atoms with Gasteiger partial charge < -0.3 is 14.5 Å². The van der Waals surface area contributed by atoms with E-state index in [4.69, 9.17) is 4.74 Å². The fourth-order valence-corrected chi connectivity index (χ4v) is 3.00. The Morgan fingerprint density at radius 2 is 2.08 bits per heavy atom. The van der Waals surface area contributed by atoms with Crippen LogP contribution in [-0.4, -0.2) is 54.1 Å². The lowest BCUT2D eigenvalue weighted by molar-refractivity contribution is 0.0244. The summed E-state index contributed by atoms with van der Waals surface area (Å²) >= 11 is 0. The maximum atomic E-state index is 13.3. The predicted octanol–water partition coefficient (Wildman–Crippen LogP) is 3.54. The Morgan fingerprint density at radius 1 is 1.36 bits per heavy atom. The highest BCUT2D eigenvalue weighted by atomic mass is 19.1. The topological polar surface area (TPSA) is 49.9 Å². The monoisotopic (exact) mass is 350 g/mol. The zero-order chi connectivity index (χ0) is 18.6. The predicted molar refractivity (Wildman–Crippen MR) is 93.9 cm³/mol. The molecule has 0 saturated carbocycles. The summed E-state index contributed by atoms with van der Waals surface area (Å²) in [5.74, 6) is -0.392. The SMILES string of the molecule is CN(CC1CCCN(C(=O)c2cccc(F)c2)C1)C(=O)OC(C)(C)C. The fraction of sp³-hybridized carbons (Fsp3) is 0.579. The van der Waals surface area contributed by atoms with E-state index in [2.05, 4.69) is 0 Å². The second kappa shape index (κ2) is 7.85. The number of rotatable bonds is 3. The Morgan fingerprint density at radius 3 is 2.72 bits per heavy atom. The normalized spacial score (nSPS) is 18.0. The molecule has 1 fully saturated rings. The average molecular weight is 350 g/mol. The molecule has 0 bridgehead atoms. The lowest BCUT2D eigenvalue weighted by atomic mass is 9.97. The van der Waals surface area contributed by atoms with Crippen LogP contribution in [0.4, 0.5) is 9.18 Å². The first-order valence-electron chi connectivity index (χ1n) is 8.64. The first kappa shape index (κ1) is 19.2. The van der Waals surface area contributed by atoms with E-state index >= 15 is 0 Å².